The molecule has 19 heteroatoms. The Morgan fingerprint density at radius 3 is 0.670 bits per heavy atom. The Hall–Kier alpha value is -1.94. The number of esters is 4. The van der Waals surface area contributed by atoms with E-state index in [-0.39, 0.29) is 25.7 Å². The lowest BCUT2D eigenvalue weighted by molar-refractivity contribution is -0.161. The Labute approximate surface area is 537 Å². The van der Waals surface area contributed by atoms with Crippen molar-refractivity contribution in [1.29, 1.82) is 0 Å². The van der Waals surface area contributed by atoms with Crippen LogP contribution in [0.3, 0.4) is 0 Å². The van der Waals surface area contributed by atoms with Crippen LogP contribution < -0.4 is 0 Å². The Bertz CT molecular complexity index is 1690. The number of ether oxygens (including phenoxy) is 4. The quantitative estimate of drug-likeness (QED) is 0.0222. The molecule has 0 spiro atoms. The molecular formula is C69H134O17P2. The van der Waals surface area contributed by atoms with Gasteiger partial charge < -0.3 is 33.8 Å². The zero-order valence-corrected chi connectivity index (χ0v) is 58.5. The van der Waals surface area contributed by atoms with Gasteiger partial charge in [0.2, 0.25) is 0 Å². The van der Waals surface area contributed by atoms with Crippen LogP contribution in [-0.2, 0) is 65.4 Å². The minimum absolute atomic E-state index is 0.107. The minimum atomic E-state index is -4.95. The topological polar surface area (TPSA) is 237 Å². The average Bonchev–Trinajstić information content (AvgIpc) is 3.70. The van der Waals surface area contributed by atoms with Crippen molar-refractivity contribution in [2.24, 2.45) is 0 Å². The summed E-state index contributed by atoms with van der Waals surface area (Å²) in [7, 11) is -9.89. The van der Waals surface area contributed by atoms with Gasteiger partial charge in [0.25, 0.3) is 0 Å². The van der Waals surface area contributed by atoms with Crippen LogP contribution in [0.15, 0.2) is 0 Å². The number of aliphatic hydroxyl groups excluding tert-OH is 1. The van der Waals surface area contributed by atoms with Crippen LogP contribution in [0.5, 0.6) is 0 Å². The van der Waals surface area contributed by atoms with Gasteiger partial charge in [0.15, 0.2) is 12.2 Å². The Morgan fingerprint density at radius 2 is 0.455 bits per heavy atom. The molecule has 5 atom stereocenters. The number of hydrogen-bond donors (Lipinski definition) is 3. The van der Waals surface area contributed by atoms with Crippen LogP contribution in [0.4, 0.5) is 0 Å². The fourth-order valence-electron chi connectivity index (χ4n) is 10.5. The molecule has 17 nitrogen and oxygen atoms in total. The normalized spacial score (nSPS) is 14.0. The molecular weight excluding hydrogens is 1160 g/mol. The van der Waals surface area contributed by atoms with E-state index in [1.54, 1.807) is 0 Å². The van der Waals surface area contributed by atoms with Gasteiger partial charge in [-0.25, -0.2) is 9.13 Å². The molecule has 522 valence electrons. The monoisotopic (exact) mass is 1300 g/mol. The zero-order valence-electron chi connectivity index (χ0n) is 56.7. The first-order chi connectivity index (χ1) is 42.7. The summed E-state index contributed by atoms with van der Waals surface area (Å²) in [5.74, 6) is -2.12. The van der Waals surface area contributed by atoms with Crippen molar-refractivity contribution < 1.29 is 80.2 Å². The standard InChI is InChI=1S/C69H134O17P2/c1-5-9-13-17-21-25-28-30-32-34-37-40-44-48-52-56-69(74)86-65(60-80-67(72)54-50-46-42-38-36-33-31-29-26-22-18-14-10-6-2)62-84-88(77,78)82-58-63(70)57-81-87(75,76)83-61-64(59-79-66(71)53-49-45-41-24-20-16-12-8-4)85-68(73)55-51-47-43-39-35-27-23-19-15-11-7-3/h63-65,70H,5-62H2,1-4H3,(H,75,76)(H,77,78)/t63-,64+,65+/m0/s1. The maximum atomic E-state index is 13.0. The largest absolute Gasteiger partial charge is 0.472 e. The predicted molar refractivity (Wildman–Crippen MR) is 354 cm³/mol. The van der Waals surface area contributed by atoms with E-state index >= 15 is 0 Å². The molecule has 0 saturated carbocycles. The van der Waals surface area contributed by atoms with Gasteiger partial charge in [-0.2, -0.15) is 0 Å². The van der Waals surface area contributed by atoms with E-state index in [2.05, 4.69) is 27.7 Å². The molecule has 0 heterocycles. The second-order valence-corrected chi connectivity index (χ2v) is 27.8. The molecule has 2 unspecified atom stereocenters. The van der Waals surface area contributed by atoms with Crippen LogP contribution in [0.1, 0.15) is 362 Å². The lowest BCUT2D eigenvalue weighted by atomic mass is 10.0. The molecule has 0 saturated heterocycles. The highest BCUT2D eigenvalue weighted by Gasteiger charge is 2.30. The first-order valence-corrected chi connectivity index (χ1v) is 39.3. The first kappa shape index (κ1) is 86.1. The predicted octanol–water partition coefficient (Wildman–Crippen LogP) is 19.9. The SMILES string of the molecule is CCCCCCCCCCCCCCCCCC(=O)O[C@H](COC(=O)CCCCCCCCCCCCCCCC)COP(=O)(O)OC[C@@H](O)COP(=O)(O)OC[C@@H](COC(=O)CCCCCCCCCC)OC(=O)CCCCCCCCCCCCC. The maximum Gasteiger partial charge on any atom is 0.472 e. The second kappa shape index (κ2) is 63.8. The third kappa shape index (κ3) is 62.8. The van der Waals surface area contributed by atoms with Gasteiger partial charge in [-0.05, 0) is 25.7 Å². The summed E-state index contributed by atoms with van der Waals surface area (Å²) in [6.07, 6.45) is 51.2. The third-order valence-electron chi connectivity index (χ3n) is 16.1. The van der Waals surface area contributed by atoms with Gasteiger partial charge in [0.05, 0.1) is 26.4 Å². The van der Waals surface area contributed by atoms with Gasteiger partial charge in [-0.15, -0.1) is 0 Å². The van der Waals surface area contributed by atoms with E-state index in [0.717, 1.165) is 96.3 Å². The number of phosphoric ester groups is 2. The Morgan fingerprint density at radius 1 is 0.273 bits per heavy atom. The summed E-state index contributed by atoms with van der Waals surface area (Å²) < 4.78 is 68.2. The maximum absolute atomic E-state index is 13.0. The number of hydrogen-bond acceptors (Lipinski definition) is 15. The molecule has 0 radical (unpaired) electrons. The van der Waals surface area contributed by atoms with Crippen LogP contribution in [-0.4, -0.2) is 96.7 Å². The minimum Gasteiger partial charge on any atom is -0.462 e. The highest BCUT2D eigenvalue weighted by molar-refractivity contribution is 7.47. The Balaban J connectivity index is 5.22. The third-order valence-corrected chi connectivity index (χ3v) is 18.0. The summed E-state index contributed by atoms with van der Waals surface area (Å²) in [5.41, 5.74) is 0. The highest BCUT2D eigenvalue weighted by Crippen LogP contribution is 2.45. The lowest BCUT2D eigenvalue weighted by Gasteiger charge is -2.21. The van der Waals surface area contributed by atoms with Crippen molar-refractivity contribution in [2.75, 3.05) is 39.6 Å². The molecule has 0 fully saturated rings. The van der Waals surface area contributed by atoms with Crippen molar-refractivity contribution in [3.63, 3.8) is 0 Å². The number of unbranched alkanes of at least 4 members (excludes halogenated alkanes) is 44. The summed E-state index contributed by atoms with van der Waals surface area (Å²) in [5, 5.41) is 10.6. The molecule has 3 N–H and O–H groups in total. The first-order valence-electron chi connectivity index (χ1n) is 36.3. The summed E-state index contributed by atoms with van der Waals surface area (Å²) >= 11 is 0. The molecule has 0 amide bonds. The van der Waals surface area contributed by atoms with Gasteiger partial charge in [0, 0.05) is 25.7 Å². The van der Waals surface area contributed by atoms with Crippen molar-refractivity contribution in [3.05, 3.63) is 0 Å². The van der Waals surface area contributed by atoms with E-state index in [1.807, 2.05) is 0 Å². The molecule has 0 aromatic rings. The molecule has 0 aliphatic rings. The Kier molecular flexibility index (Phi) is 62.4. The van der Waals surface area contributed by atoms with E-state index in [0.29, 0.717) is 25.7 Å². The van der Waals surface area contributed by atoms with Gasteiger partial charge in [0.1, 0.15) is 19.3 Å². The fraction of sp³-hybridized carbons (Fsp3) is 0.942. The van der Waals surface area contributed by atoms with E-state index in [4.69, 9.17) is 37.0 Å². The molecule has 0 aliphatic heterocycles. The second-order valence-electron chi connectivity index (χ2n) is 24.9. The van der Waals surface area contributed by atoms with Crippen molar-refractivity contribution in [3.8, 4) is 0 Å². The van der Waals surface area contributed by atoms with Crippen LogP contribution in [0.25, 0.3) is 0 Å². The van der Waals surface area contributed by atoms with Gasteiger partial charge >= 0.3 is 39.5 Å². The fourth-order valence-corrected chi connectivity index (χ4v) is 12.1. The van der Waals surface area contributed by atoms with Gasteiger partial charge in [-0.3, -0.25) is 37.3 Å². The smallest absolute Gasteiger partial charge is 0.462 e. The van der Waals surface area contributed by atoms with Crippen molar-refractivity contribution in [1.82, 2.24) is 0 Å². The lowest BCUT2D eigenvalue weighted by Crippen LogP contribution is -2.30. The van der Waals surface area contributed by atoms with Crippen LogP contribution in [0.2, 0.25) is 0 Å². The molecule has 0 bridgehead atoms. The van der Waals surface area contributed by atoms with Crippen molar-refractivity contribution >= 4 is 39.5 Å². The highest BCUT2D eigenvalue weighted by atomic mass is 31.2. The average molecular weight is 1300 g/mol. The summed E-state index contributed by atoms with van der Waals surface area (Å²) in [4.78, 5) is 72.4. The summed E-state index contributed by atoms with van der Waals surface area (Å²) in [6, 6.07) is 0. The molecule has 0 aromatic heterocycles. The number of carbonyl (C=O) groups excluding carboxylic acids is 4. The van der Waals surface area contributed by atoms with E-state index in [1.165, 1.54) is 186 Å². The molecule has 0 aromatic carbocycles. The molecule has 88 heavy (non-hydrogen) atoms. The number of carbonyl (C=O) groups is 4. The number of phosphoric acid groups is 2. The van der Waals surface area contributed by atoms with Crippen LogP contribution in [0, 0.1) is 0 Å². The number of aliphatic hydroxyl groups is 1. The van der Waals surface area contributed by atoms with Crippen molar-refractivity contribution in [2.45, 2.75) is 380 Å². The number of rotatable bonds is 70. The molecule has 0 rings (SSSR count). The van der Waals surface area contributed by atoms with Gasteiger partial charge in [-0.1, -0.05) is 310 Å². The van der Waals surface area contributed by atoms with E-state index < -0.39 is 97.5 Å². The molecule has 0 aliphatic carbocycles. The van der Waals surface area contributed by atoms with Crippen LogP contribution >= 0.6 is 15.6 Å². The zero-order chi connectivity index (χ0) is 64.7. The summed E-state index contributed by atoms with van der Waals surface area (Å²) in [6.45, 7) is 4.92. The van der Waals surface area contributed by atoms with E-state index in [9.17, 15) is 43.2 Å².